The Balaban J connectivity index is 1.61. The first-order chi connectivity index (χ1) is 16.0. The molecule has 0 radical (unpaired) electrons. The molecule has 2 aliphatic carbocycles. The highest BCUT2D eigenvalue weighted by Crippen LogP contribution is 2.58. The Morgan fingerprint density at radius 3 is 2.82 bits per heavy atom. The molecule has 168 valence electrons. The van der Waals surface area contributed by atoms with Crippen molar-refractivity contribution in [3.63, 3.8) is 0 Å². The van der Waals surface area contributed by atoms with Crippen LogP contribution in [0.15, 0.2) is 72.3 Å². The largest absolute Gasteiger partial charge is 0.493 e. The summed E-state index contributed by atoms with van der Waals surface area (Å²) in [5, 5.41) is 21.8. The fourth-order valence-electron chi connectivity index (χ4n) is 5.75. The van der Waals surface area contributed by atoms with E-state index in [1.165, 1.54) is 0 Å². The molecule has 5 rings (SSSR count). The monoisotopic (exact) mass is 440 g/mol. The zero-order valence-electron chi connectivity index (χ0n) is 19.0. The number of ether oxygens (including phenoxy) is 2. The van der Waals surface area contributed by atoms with Crippen molar-refractivity contribution in [2.75, 3.05) is 27.3 Å². The number of hydrogen-bond acceptors (Lipinski definition) is 5. The average molecular weight is 441 g/mol. The summed E-state index contributed by atoms with van der Waals surface area (Å²) in [7, 11) is 3.69. The molecule has 1 N–H and O–H groups in total. The minimum Gasteiger partial charge on any atom is -0.493 e. The molecule has 0 spiro atoms. The van der Waals surface area contributed by atoms with E-state index in [-0.39, 0.29) is 6.04 Å². The maximum absolute atomic E-state index is 12.1. The minimum absolute atomic E-state index is 0.0780. The highest BCUT2D eigenvalue weighted by atomic mass is 16.5. The number of aliphatic hydroxyl groups is 1. The summed E-state index contributed by atoms with van der Waals surface area (Å²) in [6, 6.07) is 16.3. The van der Waals surface area contributed by atoms with Crippen molar-refractivity contribution in [3.05, 3.63) is 89.0 Å². The molecule has 33 heavy (non-hydrogen) atoms. The zero-order valence-corrected chi connectivity index (χ0v) is 19.0. The third kappa shape index (κ3) is 3.30. The van der Waals surface area contributed by atoms with E-state index in [1.807, 2.05) is 60.7 Å². The van der Waals surface area contributed by atoms with E-state index in [4.69, 9.17) is 9.47 Å². The predicted molar refractivity (Wildman–Crippen MR) is 128 cm³/mol. The van der Waals surface area contributed by atoms with Crippen LogP contribution in [0.1, 0.15) is 23.1 Å². The van der Waals surface area contributed by atoms with Crippen LogP contribution in [-0.4, -0.2) is 49.0 Å². The van der Waals surface area contributed by atoms with Gasteiger partial charge in [-0.3, -0.25) is 4.90 Å². The van der Waals surface area contributed by atoms with Gasteiger partial charge in [-0.05, 0) is 61.9 Å². The van der Waals surface area contributed by atoms with Gasteiger partial charge in [0.1, 0.15) is 12.2 Å². The summed E-state index contributed by atoms with van der Waals surface area (Å²) in [4.78, 5) is 2.23. The first kappa shape index (κ1) is 21.5. The van der Waals surface area contributed by atoms with Crippen molar-refractivity contribution in [2.24, 2.45) is 0 Å². The number of rotatable bonds is 5. The lowest BCUT2D eigenvalue weighted by Crippen LogP contribution is -2.70. The summed E-state index contributed by atoms with van der Waals surface area (Å²) in [6.45, 7) is 1.18. The van der Waals surface area contributed by atoms with Gasteiger partial charge in [0.15, 0.2) is 11.5 Å². The van der Waals surface area contributed by atoms with Crippen LogP contribution < -0.4 is 9.47 Å². The first-order valence-corrected chi connectivity index (χ1v) is 11.3. The molecule has 2 aromatic rings. The number of fused-ring (bicyclic) bond motifs is 1. The molecular weight excluding hydrogens is 412 g/mol. The second-order valence-corrected chi connectivity index (χ2v) is 9.05. The van der Waals surface area contributed by atoms with Gasteiger partial charge in [-0.25, -0.2) is 0 Å². The van der Waals surface area contributed by atoms with Gasteiger partial charge in [-0.1, -0.05) is 48.6 Å². The second kappa shape index (κ2) is 8.22. The molecular formula is C28H28N2O3. The molecule has 0 saturated carbocycles. The lowest BCUT2D eigenvalue weighted by atomic mass is 9.52. The Bertz CT molecular complexity index is 1190. The quantitative estimate of drug-likeness (QED) is 0.760. The molecule has 1 heterocycles. The van der Waals surface area contributed by atoms with E-state index >= 15 is 0 Å². The van der Waals surface area contributed by atoms with Crippen LogP contribution in [0.2, 0.25) is 0 Å². The molecule has 3 aliphatic rings. The standard InChI is InChI=1S/C28H28N2O3/c1-30-15-14-27-18-21(19-29)12-13-28(27,31)24(30)17-22-10-11-23(32-2)26(25(22)27)33-16-6-9-20-7-4-3-5-8-20/h3-13,18,24,31H,14-17H2,1-2H3/b9-6+/t24-,27-,28-/m1/s1. The van der Waals surface area contributed by atoms with Gasteiger partial charge in [0.2, 0.25) is 0 Å². The van der Waals surface area contributed by atoms with E-state index < -0.39 is 11.0 Å². The van der Waals surface area contributed by atoms with Crippen LogP contribution >= 0.6 is 0 Å². The predicted octanol–water partition coefficient (Wildman–Crippen LogP) is 4.04. The van der Waals surface area contributed by atoms with Gasteiger partial charge in [-0.15, -0.1) is 0 Å². The molecule has 0 amide bonds. The molecule has 2 bridgehead atoms. The highest BCUT2D eigenvalue weighted by Gasteiger charge is 2.62. The van der Waals surface area contributed by atoms with Gasteiger partial charge in [0.25, 0.3) is 0 Å². The van der Waals surface area contributed by atoms with Crippen LogP contribution in [0, 0.1) is 11.3 Å². The van der Waals surface area contributed by atoms with Crippen LogP contribution in [0.3, 0.4) is 0 Å². The van der Waals surface area contributed by atoms with Crippen molar-refractivity contribution in [3.8, 4) is 17.6 Å². The molecule has 5 nitrogen and oxygen atoms in total. The maximum Gasteiger partial charge on any atom is 0.166 e. The zero-order chi connectivity index (χ0) is 23.1. The Morgan fingerprint density at radius 1 is 1.24 bits per heavy atom. The molecule has 1 saturated heterocycles. The number of methoxy groups -OCH3 is 1. The molecule has 3 atom stereocenters. The van der Waals surface area contributed by atoms with E-state index in [0.717, 1.165) is 23.2 Å². The van der Waals surface area contributed by atoms with E-state index in [0.29, 0.717) is 36.5 Å². The number of allylic oxidation sites excluding steroid dienone is 2. The van der Waals surface area contributed by atoms with E-state index in [1.54, 1.807) is 13.2 Å². The van der Waals surface area contributed by atoms with E-state index in [2.05, 4.69) is 24.1 Å². The van der Waals surface area contributed by atoms with Gasteiger partial charge in [-0.2, -0.15) is 5.26 Å². The fourth-order valence-corrected chi connectivity index (χ4v) is 5.75. The lowest BCUT2D eigenvalue weighted by Gasteiger charge is -2.60. The molecule has 5 heteroatoms. The SMILES string of the molecule is COc1ccc2c(c1OC/C=C/c1ccccc1)[C@@]13C=C(C#N)C=C[C@@]1(O)[C@@H](C2)N(C)CC3. The van der Waals surface area contributed by atoms with Crippen molar-refractivity contribution in [1.29, 1.82) is 5.26 Å². The van der Waals surface area contributed by atoms with Crippen molar-refractivity contribution >= 4 is 6.08 Å². The lowest BCUT2D eigenvalue weighted by molar-refractivity contribution is -0.0909. The van der Waals surface area contributed by atoms with Crippen molar-refractivity contribution in [2.45, 2.75) is 29.9 Å². The van der Waals surface area contributed by atoms with Crippen LogP contribution in [0.4, 0.5) is 0 Å². The van der Waals surface area contributed by atoms with E-state index in [9.17, 15) is 10.4 Å². The average Bonchev–Trinajstić information content (AvgIpc) is 2.84. The number of hydrogen-bond donors (Lipinski definition) is 1. The Hall–Kier alpha value is -3.33. The van der Waals surface area contributed by atoms with Crippen molar-refractivity contribution < 1.29 is 14.6 Å². The summed E-state index contributed by atoms with van der Waals surface area (Å²) in [5.41, 5.74) is 1.87. The maximum atomic E-state index is 12.1. The number of nitriles is 1. The Kier molecular flexibility index (Phi) is 5.36. The van der Waals surface area contributed by atoms with Crippen LogP contribution in [0.5, 0.6) is 11.5 Å². The Labute approximate surface area is 194 Å². The van der Waals surface area contributed by atoms with Crippen molar-refractivity contribution in [1.82, 2.24) is 4.90 Å². The summed E-state index contributed by atoms with van der Waals surface area (Å²) < 4.78 is 12.1. The Morgan fingerprint density at radius 2 is 2.06 bits per heavy atom. The van der Waals surface area contributed by atoms with Gasteiger partial charge < -0.3 is 14.6 Å². The van der Waals surface area contributed by atoms with Crippen LogP contribution in [0.25, 0.3) is 6.08 Å². The minimum atomic E-state index is -1.13. The summed E-state index contributed by atoms with van der Waals surface area (Å²) in [6.07, 6.45) is 10.9. The number of benzene rings is 2. The summed E-state index contributed by atoms with van der Waals surface area (Å²) in [5.74, 6) is 1.29. The molecule has 2 aromatic carbocycles. The highest BCUT2D eigenvalue weighted by molar-refractivity contribution is 5.64. The summed E-state index contributed by atoms with van der Waals surface area (Å²) >= 11 is 0. The number of piperidine rings is 1. The number of likely N-dealkylation sites (N-methyl/N-ethyl adjacent to an activating group) is 1. The smallest absolute Gasteiger partial charge is 0.166 e. The topological polar surface area (TPSA) is 65.7 Å². The molecule has 1 fully saturated rings. The van der Waals surface area contributed by atoms with Crippen LogP contribution in [-0.2, 0) is 11.8 Å². The molecule has 0 aromatic heterocycles. The second-order valence-electron chi connectivity index (χ2n) is 9.05. The number of likely N-dealkylation sites (tertiary alicyclic amines) is 1. The third-order valence-corrected chi connectivity index (χ3v) is 7.38. The third-order valence-electron chi connectivity index (χ3n) is 7.38. The van der Waals surface area contributed by atoms with Gasteiger partial charge in [0.05, 0.1) is 18.6 Å². The first-order valence-electron chi connectivity index (χ1n) is 11.3. The normalized spacial score (nSPS) is 27.9. The fraction of sp³-hybridized carbons (Fsp3) is 0.321. The molecule has 0 unspecified atom stereocenters. The van der Waals surface area contributed by atoms with Gasteiger partial charge >= 0.3 is 0 Å². The number of nitrogens with zero attached hydrogens (tertiary/aromatic N) is 2. The van der Waals surface area contributed by atoms with Gasteiger partial charge in [0, 0.05) is 17.2 Å². The molecule has 1 aliphatic heterocycles.